The van der Waals surface area contributed by atoms with E-state index in [0.29, 0.717) is 19.8 Å². The molecule has 0 aliphatic carbocycles. The number of morpholine rings is 1. The predicted octanol–water partition coefficient (Wildman–Crippen LogP) is 0.852. The molecule has 0 aromatic carbocycles. The van der Waals surface area contributed by atoms with E-state index in [2.05, 4.69) is 15.6 Å². The van der Waals surface area contributed by atoms with E-state index in [4.69, 9.17) is 4.74 Å². The van der Waals surface area contributed by atoms with Crippen molar-refractivity contribution in [1.82, 2.24) is 10.3 Å². The van der Waals surface area contributed by atoms with Crippen molar-refractivity contribution >= 4 is 36.4 Å². The number of amides is 1. The van der Waals surface area contributed by atoms with Crippen LogP contribution < -0.4 is 10.6 Å². The highest BCUT2D eigenvalue weighted by atomic mass is 35.5. The van der Waals surface area contributed by atoms with Crippen molar-refractivity contribution in [3.05, 3.63) is 24.5 Å². The van der Waals surface area contributed by atoms with Gasteiger partial charge in [0.25, 0.3) is 0 Å². The van der Waals surface area contributed by atoms with Crippen LogP contribution in [0, 0.1) is 0 Å². The number of halogens is 2. The Morgan fingerprint density at radius 3 is 2.71 bits per heavy atom. The Morgan fingerprint density at radius 1 is 1.41 bits per heavy atom. The zero-order valence-electron chi connectivity index (χ0n) is 9.09. The van der Waals surface area contributed by atoms with Gasteiger partial charge in [-0.15, -0.1) is 24.8 Å². The summed E-state index contributed by atoms with van der Waals surface area (Å²) in [7, 11) is 0. The molecule has 7 heteroatoms. The van der Waals surface area contributed by atoms with E-state index in [9.17, 15) is 4.79 Å². The first-order valence-corrected chi connectivity index (χ1v) is 4.88. The fourth-order valence-corrected chi connectivity index (χ4v) is 1.40. The highest BCUT2D eigenvalue weighted by Crippen LogP contribution is 2.04. The fourth-order valence-electron chi connectivity index (χ4n) is 1.40. The Labute approximate surface area is 112 Å². The summed E-state index contributed by atoms with van der Waals surface area (Å²) >= 11 is 0. The lowest BCUT2D eigenvalue weighted by atomic mass is 10.2. The lowest BCUT2D eigenvalue weighted by Crippen LogP contribution is -2.48. The Bertz CT molecular complexity index is 332. The Hall–Kier alpha value is -0.880. The highest BCUT2D eigenvalue weighted by Gasteiger charge is 2.20. The first kappa shape index (κ1) is 16.1. The van der Waals surface area contributed by atoms with Crippen molar-refractivity contribution in [3.8, 4) is 0 Å². The van der Waals surface area contributed by atoms with Crippen LogP contribution >= 0.6 is 24.8 Å². The van der Waals surface area contributed by atoms with Crippen molar-refractivity contribution in [3.63, 3.8) is 0 Å². The van der Waals surface area contributed by atoms with Gasteiger partial charge in [0.2, 0.25) is 5.91 Å². The van der Waals surface area contributed by atoms with Crippen LogP contribution in [0.4, 0.5) is 5.69 Å². The standard InChI is InChI=1S/C10H13N3O2.2ClH/c14-10(9-7-15-6-5-12-9)13-8-1-3-11-4-2-8;;/h1-4,9,12H,5-7H2,(H,11,13,14);2*1H. The minimum atomic E-state index is -0.257. The van der Waals surface area contributed by atoms with E-state index in [1.807, 2.05) is 0 Å². The number of carbonyl (C=O) groups is 1. The minimum Gasteiger partial charge on any atom is -0.378 e. The van der Waals surface area contributed by atoms with Crippen molar-refractivity contribution in [2.75, 3.05) is 25.1 Å². The van der Waals surface area contributed by atoms with Gasteiger partial charge in [0.05, 0.1) is 13.2 Å². The smallest absolute Gasteiger partial charge is 0.243 e. The molecule has 1 unspecified atom stereocenters. The number of carbonyl (C=O) groups excluding carboxylic acids is 1. The quantitative estimate of drug-likeness (QED) is 0.843. The molecule has 0 radical (unpaired) electrons. The van der Waals surface area contributed by atoms with Crippen LogP contribution in [0.2, 0.25) is 0 Å². The molecule has 1 amide bonds. The van der Waals surface area contributed by atoms with Crippen LogP contribution in [0.3, 0.4) is 0 Å². The predicted molar refractivity (Wildman–Crippen MR) is 70.0 cm³/mol. The minimum absolute atomic E-state index is 0. The third-order valence-electron chi connectivity index (χ3n) is 2.19. The summed E-state index contributed by atoms with van der Waals surface area (Å²) in [6.45, 7) is 1.81. The average Bonchev–Trinajstić information content (AvgIpc) is 2.31. The first-order chi connectivity index (χ1) is 7.36. The third-order valence-corrected chi connectivity index (χ3v) is 2.19. The summed E-state index contributed by atoms with van der Waals surface area (Å²) in [5.74, 6) is -0.0686. The maximum absolute atomic E-state index is 11.7. The number of anilines is 1. The highest BCUT2D eigenvalue weighted by molar-refractivity contribution is 5.94. The van der Waals surface area contributed by atoms with E-state index in [1.165, 1.54) is 0 Å². The molecule has 96 valence electrons. The van der Waals surface area contributed by atoms with Crippen LogP contribution in [0.25, 0.3) is 0 Å². The summed E-state index contributed by atoms with van der Waals surface area (Å²) in [6, 6.07) is 3.25. The lowest BCUT2D eigenvalue weighted by Gasteiger charge is -2.22. The van der Waals surface area contributed by atoms with Crippen LogP contribution in [0.1, 0.15) is 0 Å². The largest absolute Gasteiger partial charge is 0.378 e. The monoisotopic (exact) mass is 279 g/mol. The Balaban J connectivity index is 0.00000128. The van der Waals surface area contributed by atoms with Gasteiger partial charge in [-0.1, -0.05) is 0 Å². The number of pyridine rings is 1. The molecule has 5 nitrogen and oxygen atoms in total. The molecule has 1 atom stereocenters. The molecule has 1 aromatic heterocycles. The number of hydrogen-bond acceptors (Lipinski definition) is 4. The van der Waals surface area contributed by atoms with Crippen molar-refractivity contribution < 1.29 is 9.53 Å². The third kappa shape index (κ3) is 4.87. The van der Waals surface area contributed by atoms with E-state index < -0.39 is 0 Å². The number of ether oxygens (including phenoxy) is 1. The van der Waals surface area contributed by atoms with Gasteiger partial charge in [-0.05, 0) is 12.1 Å². The fraction of sp³-hybridized carbons (Fsp3) is 0.400. The van der Waals surface area contributed by atoms with Crippen LogP contribution in [-0.2, 0) is 9.53 Å². The van der Waals surface area contributed by atoms with Gasteiger partial charge in [0.1, 0.15) is 6.04 Å². The van der Waals surface area contributed by atoms with Gasteiger partial charge in [0.15, 0.2) is 0 Å². The van der Waals surface area contributed by atoms with Gasteiger partial charge in [-0.2, -0.15) is 0 Å². The molecule has 1 aliphatic heterocycles. The van der Waals surface area contributed by atoms with Gasteiger partial charge >= 0.3 is 0 Å². The zero-order valence-corrected chi connectivity index (χ0v) is 10.7. The van der Waals surface area contributed by atoms with Crippen LogP contribution in [0.5, 0.6) is 0 Å². The molecule has 2 heterocycles. The normalized spacial score (nSPS) is 18.5. The van der Waals surface area contributed by atoms with Gasteiger partial charge in [0, 0.05) is 24.6 Å². The first-order valence-electron chi connectivity index (χ1n) is 4.88. The van der Waals surface area contributed by atoms with E-state index in [-0.39, 0.29) is 36.8 Å². The number of nitrogens with one attached hydrogen (secondary N) is 2. The number of nitrogens with zero attached hydrogens (tertiary/aromatic N) is 1. The maximum atomic E-state index is 11.7. The summed E-state index contributed by atoms with van der Waals surface area (Å²) in [4.78, 5) is 15.6. The molecular weight excluding hydrogens is 265 g/mol. The van der Waals surface area contributed by atoms with Gasteiger partial charge in [-0.25, -0.2) is 0 Å². The lowest BCUT2D eigenvalue weighted by molar-refractivity contribution is -0.120. The summed E-state index contributed by atoms with van der Waals surface area (Å²) in [6.07, 6.45) is 3.28. The number of rotatable bonds is 2. The molecule has 1 aromatic rings. The molecule has 0 spiro atoms. The molecule has 2 rings (SSSR count). The maximum Gasteiger partial charge on any atom is 0.243 e. The van der Waals surface area contributed by atoms with E-state index in [1.54, 1.807) is 24.5 Å². The molecule has 1 aliphatic rings. The van der Waals surface area contributed by atoms with E-state index >= 15 is 0 Å². The second-order valence-electron chi connectivity index (χ2n) is 3.31. The molecular formula is C10H15Cl2N3O2. The Kier molecular flexibility index (Phi) is 7.82. The van der Waals surface area contributed by atoms with Gasteiger partial charge < -0.3 is 15.4 Å². The summed E-state index contributed by atoms with van der Waals surface area (Å²) < 4.78 is 5.21. The molecule has 2 N–H and O–H groups in total. The topological polar surface area (TPSA) is 63.2 Å². The number of hydrogen-bond donors (Lipinski definition) is 2. The van der Waals surface area contributed by atoms with Crippen molar-refractivity contribution in [1.29, 1.82) is 0 Å². The average molecular weight is 280 g/mol. The number of aromatic nitrogens is 1. The van der Waals surface area contributed by atoms with Crippen LogP contribution in [0.15, 0.2) is 24.5 Å². The van der Waals surface area contributed by atoms with Gasteiger partial charge in [-0.3, -0.25) is 9.78 Å². The zero-order chi connectivity index (χ0) is 10.5. The molecule has 1 saturated heterocycles. The summed E-state index contributed by atoms with van der Waals surface area (Å²) in [5.41, 5.74) is 0.752. The SMILES string of the molecule is Cl.Cl.O=C(Nc1ccncc1)C1COCCN1. The van der Waals surface area contributed by atoms with Crippen molar-refractivity contribution in [2.45, 2.75) is 6.04 Å². The molecule has 17 heavy (non-hydrogen) atoms. The second kappa shape index (κ2) is 8.25. The van der Waals surface area contributed by atoms with Crippen LogP contribution in [-0.4, -0.2) is 36.7 Å². The molecule has 0 saturated carbocycles. The van der Waals surface area contributed by atoms with E-state index in [0.717, 1.165) is 5.69 Å². The molecule has 1 fully saturated rings. The Morgan fingerprint density at radius 2 is 2.12 bits per heavy atom. The second-order valence-corrected chi connectivity index (χ2v) is 3.31. The molecule has 0 bridgehead atoms. The summed E-state index contributed by atoms with van der Waals surface area (Å²) in [5, 5.41) is 5.88. The van der Waals surface area contributed by atoms with Crippen molar-refractivity contribution in [2.24, 2.45) is 0 Å².